The van der Waals surface area contributed by atoms with Gasteiger partial charge in [0.05, 0.1) is 9.95 Å². The second-order valence-electron chi connectivity index (χ2n) is 4.24. The molecule has 2 rings (SSSR count). The molecular weight excluding hydrogens is 315 g/mol. The van der Waals surface area contributed by atoms with Crippen LogP contribution in [0.1, 0.15) is 13.3 Å². The van der Waals surface area contributed by atoms with Crippen LogP contribution in [0, 0.1) is 10.1 Å². The van der Waals surface area contributed by atoms with Gasteiger partial charge in [0.2, 0.25) is 5.95 Å². The van der Waals surface area contributed by atoms with Gasteiger partial charge >= 0.3 is 5.69 Å². The molecule has 1 aromatic carbocycles. The zero-order valence-corrected chi connectivity index (χ0v) is 12.6. The molecule has 0 aliphatic carbocycles. The zero-order valence-electron chi connectivity index (χ0n) is 11.1. The maximum absolute atomic E-state index is 11.1. The number of nitrogens with zero attached hydrogens (tertiary/aromatic N) is 3. The minimum atomic E-state index is -0.545. The second kappa shape index (κ2) is 6.69. The molecule has 8 heteroatoms. The summed E-state index contributed by atoms with van der Waals surface area (Å²) >= 11 is 12.0. The molecule has 1 aromatic heterocycles. The van der Waals surface area contributed by atoms with Crippen LogP contribution in [0.2, 0.25) is 10.0 Å². The highest BCUT2D eigenvalue weighted by Crippen LogP contribution is 2.35. The van der Waals surface area contributed by atoms with Crippen LogP contribution in [0.15, 0.2) is 24.4 Å². The van der Waals surface area contributed by atoms with Crippen LogP contribution in [-0.4, -0.2) is 21.4 Å². The smallest absolute Gasteiger partial charge is 0.313 e. The Kier molecular flexibility index (Phi) is 4.93. The predicted octanol–water partition coefficient (Wildman–Crippen LogP) is 4.18. The summed E-state index contributed by atoms with van der Waals surface area (Å²) in [5.74, 6) is 0.313. The normalized spacial score (nSPS) is 10.4. The van der Waals surface area contributed by atoms with Crippen molar-refractivity contribution in [3.63, 3.8) is 0 Å². The molecular formula is C13H12Cl2N4O2. The Morgan fingerprint density at radius 2 is 2.14 bits per heavy atom. The van der Waals surface area contributed by atoms with E-state index in [2.05, 4.69) is 15.3 Å². The number of nitrogens with one attached hydrogen (secondary N) is 1. The van der Waals surface area contributed by atoms with Crippen molar-refractivity contribution in [2.24, 2.45) is 0 Å². The van der Waals surface area contributed by atoms with E-state index in [1.807, 2.05) is 6.92 Å². The van der Waals surface area contributed by atoms with Crippen molar-refractivity contribution in [1.82, 2.24) is 9.97 Å². The number of hydrogen-bond donors (Lipinski definition) is 1. The van der Waals surface area contributed by atoms with Crippen LogP contribution < -0.4 is 5.32 Å². The summed E-state index contributed by atoms with van der Waals surface area (Å²) in [4.78, 5) is 18.7. The molecule has 1 heterocycles. The first kappa shape index (κ1) is 15.5. The van der Waals surface area contributed by atoms with Gasteiger partial charge in [-0.05, 0) is 24.6 Å². The van der Waals surface area contributed by atoms with E-state index in [9.17, 15) is 10.1 Å². The molecule has 21 heavy (non-hydrogen) atoms. The highest BCUT2D eigenvalue weighted by Gasteiger charge is 2.21. The van der Waals surface area contributed by atoms with Gasteiger partial charge in [0.25, 0.3) is 0 Å². The van der Waals surface area contributed by atoms with Gasteiger partial charge in [-0.15, -0.1) is 0 Å². The van der Waals surface area contributed by atoms with E-state index in [0.717, 1.165) is 12.6 Å². The summed E-state index contributed by atoms with van der Waals surface area (Å²) in [5, 5.41) is 14.9. The van der Waals surface area contributed by atoms with Crippen LogP contribution in [0.4, 0.5) is 11.6 Å². The third kappa shape index (κ3) is 3.59. The van der Waals surface area contributed by atoms with Gasteiger partial charge in [-0.2, -0.15) is 0 Å². The fourth-order valence-electron chi connectivity index (χ4n) is 1.71. The maximum atomic E-state index is 11.1. The van der Waals surface area contributed by atoms with Gasteiger partial charge in [-0.3, -0.25) is 10.1 Å². The lowest BCUT2D eigenvalue weighted by molar-refractivity contribution is -0.384. The number of nitro groups is 1. The molecule has 0 atom stereocenters. The first-order chi connectivity index (χ1) is 10.0. The SMILES string of the molecule is CCCNc1ncc([N+](=O)[O-])c(-c2cc(Cl)ccc2Cl)n1. The summed E-state index contributed by atoms with van der Waals surface area (Å²) in [5.41, 5.74) is 0.320. The molecule has 0 radical (unpaired) electrons. The first-order valence-corrected chi connectivity index (χ1v) is 6.99. The van der Waals surface area contributed by atoms with Crippen LogP contribution in [0.5, 0.6) is 0 Å². The van der Waals surface area contributed by atoms with Gasteiger partial charge in [-0.1, -0.05) is 30.1 Å². The summed E-state index contributed by atoms with van der Waals surface area (Å²) in [6, 6.07) is 4.73. The van der Waals surface area contributed by atoms with Crippen molar-refractivity contribution < 1.29 is 4.92 Å². The predicted molar refractivity (Wildman–Crippen MR) is 82.9 cm³/mol. The molecule has 110 valence electrons. The molecule has 0 aliphatic rings. The number of hydrogen-bond acceptors (Lipinski definition) is 5. The van der Waals surface area contributed by atoms with Crippen LogP contribution in [-0.2, 0) is 0 Å². The largest absolute Gasteiger partial charge is 0.354 e. The lowest BCUT2D eigenvalue weighted by atomic mass is 10.1. The van der Waals surface area contributed by atoms with E-state index < -0.39 is 4.92 Å². The minimum absolute atomic E-state index is 0.140. The number of halogens is 2. The Hall–Kier alpha value is -1.92. The van der Waals surface area contributed by atoms with Crippen molar-refractivity contribution >= 4 is 34.8 Å². The Morgan fingerprint density at radius 3 is 2.81 bits per heavy atom. The molecule has 0 aliphatic heterocycles. The Bertz CT molecular complexity index is 679. The molecule has 0 saturated heterocycles. The Balaban J connectivity index is 2.57. The third-order valence-corrected chi connectivity index (χ3v) is 3.25. The quantitative estimate of drug-likeness (QED) is 0.658. The van der Waals surface area contributed by atoms with Crippen molar-refractivity contribution in [3.05, 3.63) is 44.6 Å². The van der Waals surface area contributed by atoms with Crippen LogP contribution in [0.25, 0.3) is 11.3 Å². The zero-order chi connectivity index (χ0) is 15.4. The third-order valence-electron chi connectivity index (χ3n) is 2.68. The highest BCUT2D eigenvalue weighted by molar-refractivity contribution is 6.35. The highest BCUT2D eigenvalue weighted by atomic mass is 35.5. The molecule has 2 aromatic rings. The monoisotopic (exact) mass is 326 g/mol. The molecule has 6 nitrogen and oxygen atoms in total. The standard InChI is InChI=1S/C13H12Cl2N4O2/c1-2-5-16-13-17-7-11(19(20)21)12(18-13)9-6-8(14)3-4-10(9)15/h3-4,6-7H,2,5H2,1H3,(H,16,17,18). The van der Waals surface area contributed by atoms with Gasteiger partial charge in [0, 0.05) is 17.1 Å². The number of rotatable bonds is 5. The Morgan fingerprint density at radius 1 is 1.38 bits per heavy atom. The maximum Gasteiger partial charge on any atom is 0.313 e. The van der Waals surface area contributed by atoms with E-state index >= 15 is 0 Å². The van der Waals surface area contributed by atoms with Crippen molar-refractivity contribution in [3.8, 4) is 11.3 Å². The molecule has 0 unspecified atom stereocenters. The van der Waals surface area contributed by atoms with Crippen molar-refractivity contribution in [2.75, 3.05) is 11.9 Å². The van der Waals surface area contributed by atoms with E-state index in [-0.39, 0.29) is 11.4 Å². The molecule has 0 saturated carbocycles. The fourth-order valence-corrected chi connectivity index (χ4v) is 2.09. The second-order valence-corrected chi connectivity index (χ2v) is 5.08. The van der Waals surface area contributed by atoms with Crippen LogP contribution >= 0.6 is 23.2 Å². The fraction of sp³-hybridized carbons (Fsp3) is 0.231. The van der Waals surface area contributed by atoms with E-state index in [1.165, 1.54) is 0 Å². The lowest BCUT2D eigenvalue weighted by Crippen LogP contribution is -2.06. The minimum Gasteiger partial charge on any atom is -0.354 e. The summed E-state index contributed by atoms with van der Waals surface area (Å²) in [6.45, 7) is 2.66. The molecule has 0 amide bonds. The molecule has 0 spiro atoms. The van der Waals surface area contributed by atoms with Crippen molar-refractivity contribution in [1.29, 1.82) is 0 Å². The van der Waals surface area contributed by atoms with Crippen molar-refractivity contribution in [2.45, 2.75) is 13.3 Å². The van der Waals surface area contributed by atoms with Gasteiger partial charge in [0.15, 0.2) is 5.69 Å². The number of benzene rings is 1. The number of aromatic nitrogens is 2. The summed E-state index contributed by atoms with van der Waals surface area (Å²) < 4.78 is 0. The van der Waals surface area contributed by atoms with Gasteiger partial charge in [0.1, 0.15) is 6.20 Å². The molecule has 0 bridgehead atoms. The topological polar surface area (TPSA) is 81.0 Å². The summed E-state index contributed by atoms with van der Waals surface area (Å²) in [7, 11) is 0. The summed E-state index contributed by atoms with van der Waals surface area (Å²) in [6.07, 6.45) is 2.05. The van der Waals surface area contributed by atoms with E-state index in [1.54, 1.807) is 18.2 Å². The first-order valence-electron chi connectivity index (χ1n) is 6.23. The van der Waals surface area contributed by atoms with E-state index in [0.29, 0.717) is 28.1 Å². The van der Waals surface area contributed by atoms with Gasteiger partial charge in [-0.25, -0.2) is 9.97 Å². The average Bonchev–Trinajstić information content (AvgIpc) is 2.47. The average molecular weight is 327 g/mol. The Labute approximate surface area is 131 Å². The number of anilines is 1. The lowest BCUT2D eigenvalue weighted by Gasteiger charge is -2.08. The van der Waals surface area contributed by atoms with Gasteiger partial charge < -0.3 is 5.32 Å². The molecule has 1 N–H and O–H groups in total. The van der Waals surface area contributed by atoms with Crippen LogP contribution in [0.3, 0.4) is 0 Å². The van der Waals surface area contributed by atoms with E-state index in [4.69, 9.17) is 23.2 Å². The molecule has 0 fully saturated rings.